The van der Waals surface area contributed by atoms with Crippen LogP contribution in [0.3, 0.4) is 0 Å². The van der Waals surface area contributed by atoms with Gasteiger partial charge in [-0.05, 0) is 53.6 Å². The molecule has 204 valence electrons. The van der Waals surface area contributed by atoms with Crippen LogP contribution in [-0.4, -0.2) is 76.2 Å². The van der Waals surface area contributed by atoms with Gasteiger partial charge in [-0.15, -0.1) is 0 Å². The topological polar surface area (TPSA) is 71.5 Å². The van der Waals surface area contributed by atoms with Crippen LogP contribution in [0.15, 0.2) is 60.7 Å². The molecular formula is C30H32ClN3O5. The number of anilines is 1. The summed E-state index contributed by atoms with van der Waals surface area (Å²) >= 11 is 6.21. The van der Waals surface area contributed by atoms with Crippen LogP contribution >= 0.6 is 11.6 Å². The minimum atomic E-state index is -0.631. The molecule has 0 unspecified atom stereocenters. The molecule has 0 spiro atoms. The maximum absolute atomic E-state index is 14.4. The number of nitrogens with zero attached hydrogens (tertiary/aromatic N) is 3. The number of carbonyl (C=O) groups is 2. The first-order valence-electron chi connectivity index (χ1n) is 12.8. The standard InChI is InChI=1S/C30H32ClN3O5/c1-32-28(19-8-10-22(37-2)11-9-19)27(23-17-25(38-3)26(39-4)18-24(23)29(32)35)30(36)34-14-12-33(13-15-34)21-7-5-6-20(31)16-21/h5-11,16-18,27-28H,12-15H2,1-4H3/t27-,28+/m0/s1. The Kier molecular flexibility index (Phi) is 7.57. The molecule has 2 aliphatic rings. The van der Waals surface area contributed by atoms with E-state index in [0.717, 1.165) is 11.3 Å². The number of piperazine rings is 1. The van der Waals surface area contributed by atoms with Gasteiger partial charge in [0, 0.05) is 49.5 Å². The number of rotatable bonds is 6. The Hall–Kier alpha value is -3.91. The lowest BCUT2D eigenvalue weighted by Gasteiger charge is -2.43. The van der Waals surface area contributed by atoms with Crippen molar-refractivity contribution >= 4 is 29.1 Å². The zero-order valence-corrected chi connectivity index (χ0v) is 23.3. The average Bonchev–Trinajstić information content (AvgIpc) is 2.98. The second kappa shape index (κ2) is 11.1. The van der Waals surface area contributed by atoms with Crippen molar-refractivity contribution in [2.45, 2.75) is 12.0 Å². The lowest BCUT2D eigenvalue weighted by molar-refractivity contribution is -0.134. The van der Waals surface area contributed by atoms with E-state index in [1.807, 2.05) is 53.4 Å². The van der Waals surface area contributed by atoms with E-state index in [9.17, 15) is 9.59 Å². The second-order valence-corrected chi connectivity index (χ2v) is 10.1. The molecule has 9 heteroatoms. The van der Waals surface area contributed by atoms with E-state index in [2.05, 4.69) is 4.90 Å². The summed E-state index contributed by atoms with van der Waals surface area (Å²) in [6.07, 6.45) is 0. The first-order valence-corrected chi connectivity index (χ1v) is 13.2. The van der Waals surface area contributed by atoms with Crippen LogP contribution in [-0.2, 0) is 4.79 Å². The third-order valence-corrected chi connectivity index (χ3v) is 7.90. The van der Waals surface area contributed by atoms with Gasteiger partial charge >= 0.3 is 0 Å². The summed E-state index contributed by atoms with van der Waals surface area (Å²) < 4.78 is 16.4. The summed E-state index contributed by atoms with van der Waals surface area (Å²) in [5, 5.41) is 0.684. The number of likely N-dealkylation sites (N-methyl/N-ethyl adjacent to an activating group) is 1. The molecule has 0 N–H and O–H groups in total. The van der Waals surface area contributed by atoms with Crippen molar-refractivity contribution in [3.8, 4) is 17.2 Å². The van der Waals surface area contributed by atoms with E-state index in [1.54, 1.807) is 38.3 Å². The highest BCUT2D eigenvalue weighted by Crippen LogP contribution is 2.46. The molecular weight excluding hydrogens is 518 g/mol. The Morgan fingerprint density at radius 1 is 0.872 bits per heavy atom. The predicted molar refractivity (Wildman–Crippen MR) is 150 cm³/mol. The normalized spacial score (nSPS) is 19.0. The van der Waals surface area contributed by atoms with Gasteiger partial charge in [-0.3, -0.25) is 9.59 Å². The number of fused-ring (bicyclic) bond motifs is 1. The molecule has 0 aliphatic carbocycles. The van der Waals surface area contributed by atoms with E-state index in [-0.39, 0.29) is 11.8 Å². The lowest BCUT2D eigenvalue weighted by Crippen LogP contribution is -2.53. The molecule has 0 radical (unpaired) electrons. The van der Waals surface area contributed by atoms with Crippen LogP contribution in [0.5, 0.6) is 17.2 Å². The van der Waals surface area contributed by atoms with Gasteiger partial charge < -0.3 is 28.9 Å². The minimum absolute atomic E-state index is 0.0330. The van der Waals surface area contributed by atoms with Crippen molar-refractivity contribution in [2.24, 2.45) is 0 Å². The minimum Gasteiger partial charge on any atom is -0.497 e. The Morgan fingerprint density at radius 3 is 2.15 bits per heavy atom. The monoisotopic (exact) mass is 549 g/mol. The molecule has 1 saturated heterocycles. The van der Waals surface area contributed by atoms with E-state index in [0.29, 0.717) is 59.6 Å². The van der Waals surface area contributed by atoms with Crippen LogP contribution in [0.2, 0.25) is 5.02 Å². The highest BCUT2D eigenvalue weighted by molar-refractivity contribution is 6.30. The van der Waals surface area contributed by atoms with Gasteiger partial charge in [-0.1, -0.05) is 29.8 Å². The number of carbonyl (C=O) groups excluding carboxylic acids is 2. The van der Waals surface area contributed by atoms with Crippen LogP contribution in [0.25, 0.3) is 0 Å². The van der Waals surface area contributed by atoms with Crippen molar-refractivity contribution in [1.82, 2.24) is 9.80 Å². The largest absolute Gasteiger partial charge is 0.497 e. The SMILES string of the molecule is COc1ccc([C@@H]2[C@@H](C(=O)N3CCN(c4cccc(Cl)c4)CC3)c3cc(OC)c(OC)cc3C(=O)N2C)cc1. The second-order valence-electron chi connectivity index (χ2n) is 9.70. The van der Waals surface area contributed by atoms with Crippen LogP contribution < -0.4 is 19.1 Å². The number of hydrogen-bond acceptors (Lipinski definition) is 6. The Bertz CT molecular complexity index is 1370. The number of ether oxygens (including phenoxy) is 3. The van der Waals surface area contributed by atoms with Crippen molar-refractivity contribution in [3.05, 3.63) is 82.4 Å². The van der Waals surface area contributed by atoms with E-state index in [4.69, 9.17) is 25.8 Å². The molecule has 2 atom stereocenters. The van der Waals surface area contributed by atoms with Gasteiger partial charge in [-0.25, -0.2) is 0 Å². The number of benzene rings is 3. The first-order chi connectivity index (χ1) is 18.9. The van der Waals surface area contributed by atoms with Gasteiger partial charge in [0.1, 0.15) is 5.75 Å². The quantitative estimate of drug-likeness (QED) is 0.447. The van der Waals surface area contributed by atoms with Gasteiger partial charge in [0.25, 0.3) is 5.91 Å². The maximum Gasteiger partial charge on any atom is 0.254 e. The van der Waals surface area contributed by atoms with Gasteiger partial charge in [0.05, 0.1) is 33.3 Å². The van der Waals surface area contributed by atoms with Crippen molar-refractivity contribution in [3.63, 3.8) is 0 Å². The van der Waals surface area contributed by atoms with Crippen molar-refractivity contribution in [2.75, 3.05) is 59.5 Å². The summed E-state index contributed by atoms with van der Waals surface area (Å²) in [6.45, 7) is 2.47. The number of amides is 2. The highest BCUT2D eigenvalue weighted by Gasteiger charge is 2.45. The van der Waals surface area contributed by atoms with Crippen molar-refractivity contribution in [1.29, 1.82) is 0 Å². The number of hydrogen-bond donors (Lipinski definition) is 0. The molecule has 2 heterocycles. The van der Waals surface area contributed by atoms with Crippen molar-refractivity contribution < 1.29 is 23.8 Å². The molecule has 8 nitrogen and oxygen atoms in total. The summed E-state index contributed by atoms with van der Waals surface area (Å²) in [6, 6.07) is 18.2. The van der Waals surface area contributed by atoms with E-state index >= 15 is 0 Å². The van der Waals surface area contributed by atoms with Gasteiger partial charge in [0.2, 0.25) is 5.91 Å². The molecule has 0 aromatic heterocycles. The molecule has 5 rings (SSSR count). The Balaban J connectivity index is 1.53. The van der Waals surface area contributed by atoms with Gasteiger partial charge in [0.15, 0.2) is 11.5 Å². The molecule has 3 aromatic carbocycles. The number of methoxy groups -OCH3 is 3. The summed E-state index contributed by atoms with van der Waals surface area (Å²) in [5.41, 5.74) is 2.97. The fourth-order valence-corrected chi connectivity index (χ4v) is 5.77. The maximum atomic E-state index is 14.4. The summed E-state index contributed by atoms with van der Waals surface area (Å²) in [5.74, 6) is 0.785. The molecule has 0 saturated carbocycles. The molecule has 39 heavy (non-hydrogen) atoms. The third-order valence-electron chi connectivity index (χ3n) is 7.66. The van der Waals surface area contributed by atoms with Crippen LogP contribution in [0.4, 0.5) is 5.69 Å². The molecule has 2 amide bonds. The van der Waals surface area contributed by atoms with Crippen LogP contribution in [0.1, 0.15) is 33.4 Å². The summed E-state index contributed by atoms with van der Waals surface area (Å²) in [7, 11) is 6.43. The zero-order chi connectivity index (χ0) is 27.7. The van der Waals surface area contributed by atoms with Gasteiger partial charge in [-0.2, -0.15) is 0 Å². The molecule has 2 aliphatic heterocycles. The average molecular weight is 550 g/mol. The Morgan fingerprint density at radius 2 is 1.54 bits per heavy atom. The Labute approximate surface area is 233 Å². The van der Waals surface area contributed by atoms with Crippen LogP contribution in [0, 0.1) is 0 Å². The number of halogens is 1. The predicted octanol–water partition coefficient (Wildman–Crippen LogP) is 4.63. The smallest absolute Gasteiger partial charge is 0.254 e. The fourth-order valence-electron chi connectivity index (χ4n) is 5.59. The molecule has 0 bridgehead atoms. The lowest BCUT2D eigenvalue weighted by atomic mass is 9.78. The van der Waals surface area contributed by atoms with E-state index in [1.165, 1.54) is 7.11 Å². The highest BCUT2D eigenvalue weighted by atomic mass is 35.5. The third kappa shape index (κ3) is 4.96. The first kappa shape index (κ1) is 26.7. The molecule has 3 aromatic rings. The zero-order valence-electron chi connectivity index (χ0n) is 22.5. The van der Waals surface area contributed by atoms with E-state index < -0.39 is 12.0 Å². The summed E-state index contributed by atoms with van der Waals surface area (Å²) in [4.78, 5) is 33.8. The molecule has 1 fully saturated rings. The fraction of sp³-hybridized carbons (Fsp3) is 0.333.